The number of rotatable bonds is 8. The lowest BCUT2D eigenvalue weighted by Gasteiger charge is -2.11. The first-order valence-electron chi connectivity index (χ1n) is 10.3. The summed E-state index contributed by atoms with van der Waals surface area (Å²) in [5.74, 6) is -0.0379. The minimum Gasteiger partial charge on any atom is -0.507 e. The molecule has 0 atom stereocenters. The van der Waals surface area contributed by atoms with Crippen LogP contribution in [-0.2, 0) is 4.79 Å². The summed E-state index contributed by atoms with van der Waals surface area (Å²) >= 11 is 0. The molecule has 174 valence electrons. The maximum absolute atomic E-state index is 12.9. The number of carbonyl (C=O) groups excluding carboxylic acids is 2. The fourth-order valence-electron chi connectivity index (χ4n) is 3.06. The smallest absolute Gasteiger partial charge is 0.287 e. The van der Waals surface area contributed by atoms with Crippen LogP contribution in [-0.4, -0.2) is 37.4 Å². The molecule has 0 aliphatic carbocycles. The first-order valence-corrected chi connectivity index (χ1v) is 10.3. The molecular weight excluding hydrogens is 434 g/mol. The van der Waals surface area contributed by atoms with Gasteiger partial charge in [0.15, 0.2) is 11.5 Å². The average Bonchev–Trinajstić information content (AvgIpc) is 2.86. The predicted octanol–water partition coefficient (Wildman–Crippen LogP) is 3.64. The molecule has 0 aromatic heterocycles. The SMILES string of the molecule is COc1ccc(C=C(NC(=O)c2ccccc2)C(=O)NN=Cc2cccc(C)c2O)cc1OC. The van der Waals surface area contributed by atoms with E-state index in [0.717, 1.165) is 0 Å². The van der Waals surface area contributed by atoms with Gasteiger partial charge in [-0.25, -0.2) is 5.43 Å². The van der Waals surface area contributed by atoms with Crippen molar-refractivity contribution in [2.24, 2.45) is 5.10 Å². The number of aryl methyl sites for hydroxylation is 1. The molecule has 2 amide bonds. The second-order valence-corrected chi connectivity index (χ2v) is 7.20. The normalized spacial score (nSPS) is 11.2. The van der Waals surface area contributed by atoms with Gasteiger partial charge in [0.2, 0.25) is 0 Å². The molecule has 34 heavy (non-hydrogen) atoms. The number of amides is 2. The van der Waals surface area contributed by atoms with Gasteiger partial charge in [0.05, 0.1) is 20.4 Å². The van der Waals surface area contributed by atoms with Crippen LogP contribution in [0.2, 0.25) is 0 Å². The molecular formula is C26H25N3O5. The highest BCUT2D eigenvalue weighted by molar-refractivity contribution is 6.05. The van der Waals surface area contributed by atoms with Gasteiger partial charge in [-0.2, -0.15) is 5.10 Å². The average molecular weight is 460 g/mol. The molecule has 0 radical (unpaired) electrons. The Morgan fingerprint density at radius 2 is 1.68 bits per heavy atom. The maximum Gasteiger partial charge on any atom is 0.287 e. The van der Waals surface area contributed by atoms with Crippen molar-refractivity contribution in [2.75, 3.05) is 14.2 Å². The van der Waals surface area contributed by atoms with Crippen LogP contribution in [0.5, 0.6) is 17.2 Å². The lowest BCUT2D eigenvalue weighted by Crippen LogP contribution is -2.32. The number of nitrogens with zero attached hydrogens (tertiary/aromatic N) is 1. The summed E-state index contributed by atoms with van der Waals surface area (Å²) in [5.41, 5.74) is 4.46. The number of para-hydroxylation sites is 1. The quantitative estimate of drug-likeness (QED) is 0.271. The summed E-state index contributed by atoms with van der Waals surface area (Å²) in [6, 6.07) is 18.8. The van der Waals surface area contributed by atoms with E-state index in [1.54, 1.807) is 73.7 Å². The number of ether oxygens (including phenoxy) is 2. The first-order chi connectivity index (χ1) is 16.4. The third-order valence-corrected chi connectivity index (χ3v) is 4.89. The van der Waals surface area contributed by atoms with Gasteiger partial charge in [-0.05, 0) is 54.5 Å². The molecule has 0 bridgehead atoms. The second-order valence-electron chi connectivity index (χ2n) is 7.20. The van der Waals surface area contributed by atoms with Crippen molar-refractivity contribution >= 4 is 24.1 Å². The molecule has 0 spiro atoms. The lowest BCUT2D eigenvalue weighted by molar-refractivity contribution is -0.117. The van der Waals surface area contributed by atoms with E-state index in [9.17, 15) is 14.7 Å². The molecule has 3 rings (SSSR count). The van der Waals surface area contributed by atoms with Gasteiger partial charge in [0.1, 0.15) is 11.4 Å². The summed E-state index contributed by atoms with van der Waals surface area (Å²) in [6.45, 7) is 1.76. The van der Waals surface area contributed by atoms with Crippen LogP contribution in [0.4, 0.5) is 0 Å². The van der Waals surface area contributed by atoms with Crippen molar-refractivity contribution in [1.29, 1.82) is 0 Å². The number of carbonyl (C=O) groups is 2. The Kier molecular flexibility index (Phi) is 8.02. The molecule has 0 unspecified atom stereocenters. The van der Waals surface area contributed by atoms with E-state index in [0.29, 0.717) is 33.8 Å². The molecule has 8 heteroatoms. The predicted molar refractivity (Wildman–Crippen MR) is 130 cm³/mol. The van der Waals surface area contributed by atoms with Gasteiger partial charge in [-0.15, -0.1) is 0 Å². The molecule has 3 aromatic rings. The maximum atomic E-state index is 12.9. The number of phenols is 1. The van der Waals surface area contributed by atoms with E-state index in [1.807, 2.05) is 0 Å². The summed E-state index contributed by atoms with van der Waals surface area (Å²) in [4.78, 5) is 25.6. The highest BCUT2D eigenvalue weighted by Crippen LogP contribution is 2.28. The standard InChI is InChI=1S/C26H25N3O5/c1-17-8-7-11-20(24(17)30)16-27-29-26(32)21(28-25(31)19-9-5-4-6-10-19)14-18-12-13-22(33-2)23(15-18)34-3/h4-16,30H,1-3H3,(H,28,31)(H,29,32). The summed E-state index contributed by atoms with van der Waals surface area (Å²) in [6.07, 6.45) is 2.82. The Morgan fingerprint density at radius 3 is 2.38 bits per heavy atom. The lowest BCUT2D eigenvalue weighted by atomic mass is 10.1. The van der Waals surface area contributed by atoms with Crippen molar-refractivity contribution in [1.82, 2.24) is 10.7 Å². The van der Waals surface area contributed by atoms with E-state index in [2.05, 4.69) is 15.8 Å². The molecule has 0 saturated carbocycles. The fraction of sp³-hybridized carbons (Fsp3) is 0.115. The summed E-state index contributed by atoms with van der Waals surface area (Å²) < 4.78 is 10.6. The number of methoxy groups -OCH3 is 2. The fourth-order valence-corrected chi connectivity index (χ4v) is 3.06. The van der Waals surface area contributed by atoms with Gasteiger partial charge >= 0.3 is 0 Å². The van der Waals surface area contributed by atoms with Crippen LogP contribution in [0.15, 0.2) is 77.5 Å². The van der Waals surface area contributed by atoms with E-state index < -0.39 is 11.8 Å². The number of hydrogen-bond donors (Lipinski definition) is 3. The van der Waals surface area contributed by atoms with Crippen LogP contribution >= 0.6 is 0 Å². The summed E-state index contributed by atoms with van der Waals surface area (Å²) in [5, 5.41) is 16.7. The molecule has 0 heterocycles. The Hall–Kier alpha value is -4.59. The topological polar surface area (TPSA) is 109 Å². The Labute approximate surface area is 197 Å². The number of benzene rings is 3. The van der Waals surface area contributed by atoms with E-state index in [-0.39, 0.29) is 11.4 Å². The summed E-state index contributed by atoms with van der Waals surface area (Å²) in [7, 11) is 3.03. The van der Waals surface area contributed by atoms with Gasteiger partial charge in [-0.1, -0.05) is 36.4 Å². The van der Waals surface area contributed by atoms with Gasteiger partial charge < -0.3 is 19.9 Å². The van der Waals surface area contributed by atoms with Crippen molar-refractivity contribution in [3.05, 3.63) is 94.7 Å². The van der Waals surface area contributed by atoms with E-state index >= 15 is 0 Å². The monoisotopic (exact) mass is 459 g/mol. The molecule has 3 N–H and O–H groups in total. The van der Waals surface area contributed by atoms with Crippen LogP contribution in [0.1, 0.15) is 27.0 Å². The number of nitrogens with one attached hydrogen (secondary N) is 2. The first kappa shape index (κ1) is 24.1. The second kappa shape index (κ2) is 11.3. The van der Waals surface area contributed by atoms with Crippen molar-refractivity contribution in [3.63, 3.8) is 0 Å². The Balaban J connectivity index is 1.88. The zero-order chi connectivity index (χ0) is 24.5. The van der Waals surface area contributed by atoms with Crippen molar-refractivity contribution < 1.29 is 24.2 Å². The molecule has 0 aliphatic rings. The Bertz CT molecular complexity index is 1240. The highest BCUT2D eigenvalue weighted by atomic mass is 16.5. The zero-order valence-corrected chi connectivity index (χ0v) is 19.0. The van der Waals surface area contributed by atoms with E-state index in [1.165, 1.54) is 26.5 Å². The van der Waals surface area contributed by atoms with Crippen LogP contribution in [0, 0.1) is 6.92 Å². The minimum absolute atomic E-state index is 0.0355. The third kappa shape index (κ3) is 6.01. The van der Waals surface area contributed by atoms with Gasteiger partial charge in [0, 0.05) is 11.1 Å². The molecule has 0 aliphatic heterocycles. The van der Waals surface area contributed by atoms with Crippen LogP contribution in [0.25, 0.3) is 6.08 Å². The van der Waals surface area contributed by atoms with Crippen LogP contribution in [0.3, 0.4) is 0 Å². The van der Waals surface area contributed by atoms with E-state index in [4.69, 9.17) is 9.47 Å². The largest absolute Gasteiger partial charge is 0.507 e. The highest BCUT2D eigenvalue weighted by Gasteiger charge is 2.15. The number of aromatic hydroxyl groups is 1. The Morgan fingerprint density at radius 1 is 0.941 bits per heavy atom. The molecule has 0 fully saturated rings. The molecule has 0 saturated heterocycles. The minimum atomic E-state index is -0.651. The zero-order valence-electron chi connectivity index (χ0n) is 19.0. The number of hydrogen-bond acceptors (Lipinski definition) is 6. The molecule has 3 aromatic carbocycles. The van der Waals surface area contributed by atoms with Crippen molar-refractivity contribution in [2.45, 2.75) is 6.92 Å². The third-order valence-electron chi connectivity index (χ3n) is 4.89. The van der Waals surface area contributed by atoms with Crippen molar-refractivity contribution in [3.8, 4) is 17.2 Å². The van der Waals surface area contributed by atoms with Gasteiger partial charge in [-0.3, -0.25) is 9.59 Å². The number of phenolic OH excluding ortho intramolecular Hbond substituents is 1. The molecule has 8 nitrogen and oxygen atoms in total. The van der Waals surface area contributed by atoms with Gasteiger partial charge in [0.25, 0.3) is 11.8 Å². The number of hydrazone groups is 1. The van der Waals surface area contributed by atoms with Crippen LogP contribution < -0.4 is 20.2 Å².